The third-order valence-electron chi connectivity index (χ3n) is 3.48. The van der Waals surface area contributed by atoms with Crippen LogP contribution in [0.5, 0.6) is 0 Å². The lowest BCUT2D eigenvalue weighted by molar-refractivity contribution is -0.119. The van der Waals surface area contributed by atoms with Crippen LogP contribution in [0.15, 0.2) is 24.3 Å². The first-order valence-corrected chi connectivity index (χ1v) is 6.34. The average Bonchev–Trinajstić information content (AvgIpc) is 2.22. The lowest BCUT2D eigenvalue weighted by Crippen LogP contribution is -2.32. The second-order valence-corrected chi connectivity index (χ2v) is 5.83. The minimum absolute atomic E-state index is 0.229. The lowest BCUT2D eigenvalue weighted by Gasteiger charge is -2.29. The zero-order valence-corrected chi connectivity index (χ0v) is 10.7. The quantitative estimate of drug-likeness (QED) is 0.846. The number of Topliss-reactive ketones (excluding diaryl/α,β-unsaturated/α-hetero) is 1. The van der Waals surface area contributed by atoms with Crippen LogP contribution in [-0.2, 0) is 11.2 Å². The molecule has 92 valence electrons. The van der Waals surface area contributed by atoms with Gasteiger partial charge in [-0.1, -0.05) is 24.3 Å². The van der Waals surface area contributed by atoms with Crippen LogP contribution in [0.2, 0.25) is 0 Å². The van der Waals surface area contributed by atoms with Gasteiger partial charge in [-0.2, -0.15) is 0 Å². The number of carbonyl (C=O) groups is 1. The summed E-state index contributed by atoms with van der Waals surface area (Å²) >= 11 is 0. The second-order valence-electron chi connectivity index (χ2n) is 5.83. The molecule has 0 fully saturated rings. The number of hydrogen-bond donors (Lipinski definition) is 1. The Morgan fingerprint density at radius 2 is 2.12 bits per heavy atom. The van der Waals surface area contributed by atoms with Crippen molar-refractivity contribution in [3.05, 3.63) is 35.4 Å². The number of ketones is 1. The van der Waals surface area contributed by atoms with Crippen molar-refractivity contribution in [2.45, 2.75) is 51.0 Å². The maximum Gasteiger partial charge on any atom is 0.133 e. The smallest absolute Gasteiger partial charge is 0.133 e. The predicted molar refractivity (Wildman–Crippen MR) is 70.0 cm³/mol. The molecule has 2 heteroatoms. The van der Waals surface area contributed by atoms with Gasteiger partial charge in [-0.25, -0.2) is 0 Å². The van der Waals surface area contributed by atoms with Crippen LogP contribution < -0.4 is 5.73 Å². The Hall–Kier alpha value is -1.15. The Balaban J connectivity index is 1.82. The third-order valence-corrected chi connectivity index (χ3v) is 3.48. The van der Waals surface area contributed by atoms with Crippen molar-refractivity contribution in [2.75, 3.05) is 0 Å². The Kier molecular flexibility index (Phi) is 3.34. The van der Waals surface area contributed by atoms with Gasteiger partial charge in [0.2, 0.25) is 0 Å². The van der Waals surface area contributed by atoms with E-state index in [1.54, 1.807) is 0 Å². The summed E-state index contributed by atoms with van der Waals surface area (Å²) in [7, 11) is 0. The highest BCUT2D eigenvalue weighted by Gasteiger charge is 2.27. The molecule has 0 heterocycles. The van der Waals surface area contributed by atoms with E-state index in [0.29, 0.717) is 24.5 Å². The summed E-state index contributed by atoms with van der Waals surface area (Å²) < 4.78 is 0. The molecule has 1 atom stereocenters. The van der Waals surface area contributed by atoms with Crippen molar-refractivity contribution >= 4 is 5.78 Å². The van der Waals surface area contributed by atoms with Gasteiger partial charge in [-0.15, -0.1) is 0 Å². The molecule has 0 amide bonds. The number of carbonyl (C=O) groups excluding carboxylic acids is 1. The molecule has 0 aliphatic heterocycles. The third kappa shape index (κ3) is 3.16. The van der Waals surface area contributed by atoms with Gasteiger partial charge in [0.15, 0.2) is 0 Å². The molecule has 2 N–H and O–H groups in total. The first kappa shape index (κ1) is 12.3. The summed E-state index contributed by atoms with van der Waals surface area (Å²) in [6, 6.07) is 8.41. The molecule has 1 aromatic rings. The fraction of sp³-hybridized carbons (Fsp3) is 0.533. The first-order chi connectivity index (χ1) is 7.96. The molecule has 2 nitrogen and oxygen atoms in total. The maximum atomic E-state index is 11.8. The van der Waals surface area contributed by atoms with Gasteiger partial charge in [0, 0.05) is 18.4 Å². The molecular weight excluding hydrogens is 210 g/mol. The van der Waals surface area contributed by atoms with E-state index in [2.05, 4.69) is 24.3 Å². The SMILES string of the molecule is CC(C)(N)CCC(=O)CC1Cc2ccccc21. The van der Waals surface area contributed by atoms with Gasteiger partial charge >= 0.3 is 0 Å². The average molecular weight is 231 g/mol. The molecule has 0 bridgehead atoms. The van der Waals surface area contributed by atoms with Gasteiger partial charge in [0.25, 0.3) is 0 Å². The molecule has 17 heavy (non-hydrogen) atoms. The summed E-state index contributed by atoms with van der Waals surface area (Å²) in [4.78, 5) is 11.8. The molecule has 2 rings (SSSR count). The zero-order valence-electron chi connectivity index (χ0n) is 10.7. The molecule has 0 radical (unpaired) electrons. The summed E-state index contributed by atoms with van der Waals surface area (Å²) in [5.74, 6) is 0.808. The molecule has 0 aromatic heterocycles. The second kappa shape index (κ2) is 4.61. The van der Waals surface area contributed by atoms with Crippen molar-refractivity contribution in [1.29, 1.82) is 0 Å². The van der Waals surface area contributed by atoms with E-state index < -0.39 is 0 Å². The number of rotatable bonds is 5. The standard InChI is InChI=1S/C15H21NO/c1-15(2,16)8-7-13(17)10-12-9-11-5-3-4-6-14(11)12/h3-6,12H,7-10,16H2,1-2H3. The minimum Gasteiger partial charge on any atom is -0.326 e. The topological polar surface area (TPSA) is 43.1 Å². The Morgan fingerprint density at radius 1 is 1.41 bits per heavy atom. The minimum atomic E-state index is -0.229. The fourth-order valence-electron chi connectivity index (χ4n) is 2.38. The van der Waals surface area contributed by atoms with E-state index in [4.69, 9.17) is 5.73 Å². The van der Waals surface area contributed by atoms with Crippen LogP contribution in [0.1, 0.15) is 50.2 Å². The first-order valence-electron chi connectivity index (χ1n) is 6.34. The Morgan fingerprint density at radius 3 is 2.76 bits per heavy atom. The van der Waals surface area contributed by atoms with Crippen LogP contribution in [0.3, 0.4) is 0 Å². The molecule has 0 saturated carbocycles. The van der Waals surface area contributed by atoms with Crippen LogP contribution in [-0.4, -0.2) is 11.3 Å². The molecular formula is C15H21NO. The summed E-state index contributed by atoms with van der Waals surface area (Å²) in [5, 5.41) is 0. The fourth-order valence-corrected chi connectivity index (χ4v) is 2.38. The van der Waals surface area contributed by atoms with Gasteiger partial charge in [0.1, 0.15) is 5.78 Å². The van der Waals surface area contributed by atoms with Crippen molar-refractivity contribution in [1.82, 2.24) is 0 Å². The van der Waals surface area contributed by atoms with Crippen LogP contribution in [0.25, 0.3) is 0 Å². The van der Waals surface area contributed by atoms with Gasteiger partial charge in [-0.05, 0) is 43.7 Å². The lowest BCUT2D eigenvalue weighted by atomic mass is 9.74. The van der Waals surface area contributed by atoms with Crippen LogP contribution in [0, 0.1) is 0 Å². The highest BCUT2D eigenvalue weighted by molar-refractivity contribution is 5.80. The Labute approximate surface area is 103 Å². The predicted octanol–water partition coefficient (Wildman–Crippen LogP) is 2.80. The largest absolute Gasteiger partial charge is 0.326 e. The van der Waals surface area contributed by atoms with Crippen molar-refractivity contribution in [2.24, 2.45) is 5.73 Å². The van der Waals surface area contributed by atoms with Crippen LogP contribution >= 0.6 is 0 Å². The van der Waals surface area contributed by atoms with E-state index in [0.717, 1.165) is 12.8 Å². The van der Waals surface area contributed by atoms with Crippen molar-refractivity contribution in [3.8, 4) is 0 Å². The van der Waals surface area contributed by atoms with E-state index >= 15 is 0 Å². The zero-order chi connectivity index (χ0) is 12.5. The number of benzene rings is 1. The molecule has 1 unspecified atom stereocenters. The number of fused-ring (bicyclic) bond motifs is 1. The van der Waals surface area contributed by atoms with Gasteiger partial charge in [0.05, 0.1) is 0 Å². The van der Waals surface area contributed by atoms with E-state index in [-0.39, 0.29) is 5.54 Å². The number of nitrogens with two attached hydrogens (primary N) is 1. The van der Waals surface area contributed by atoms with Gasteiger partial charge in [-0.3, -0.25) is 4.79 Å². The van der Waals surface area contributed by atoms with E-state index in [1.165, 1.54) is 11.1 Å². The van der Waals surface area contributed by atoms with E-state index in [1.807, 2.05) is 13.8 Å². The van der Waals surface area contributed by atoms with Crippen molar-refractivity contribution < 1.29 is 4.79 Å². The summed E-state index contributed by atoms with van der Waals surface area (Å²) in [6.07, 6.45) is 3.14. The van der Waals surface area contributed by atoms with Gasteiger partial charge < -0.3 is 5.73 Å². The van der Waals surface area contributed by atoms with Crippen LogP contribution in [0.4, 0.5) is 0 Å². The summed E-state index contributed by atoms with van der Waals surface area (Å²) in [6.45, 7) is 3.94. The maximum absolute atomic E-state index is 11.8. The van der Waals surface area contributed by atoms with E-state index in [9.17, 15) is 4.79 Å². The highest BCUT2D eigenvalue weighted by Crippen LogP contribution is 2.37. The monoisotopic (exact) mass is 231 g/mol. The van der Waals surface area contributed by atoms with Crippen molar-refractivity contribution in [3.63, 3.8) is 0 Å². The highest BCUT2D eigenvalue weighted by atomic mass is 16.1. The molecule has 1 aliphatic carbocycles. The molecule has 0 saturated heterocycles. The molecule has 1 aromatic carbocycles. The molecule has 0 spiro atoms. The normalized spacial score (nSPS) is 18.4. The summed E-state index contributed by atoms with van der Waals surface area (Å²) in [5.41, 5.74) is 8.43. The number of hydrogen-bond acceptors (Lipinski definition) is 2. The Bertz CT molecular complexity index is 417. The molecule has 1 aliphatic rings.